The smallest absolute Gasteiger partial charge is 0.411 e. The fourth-order valence-corrected chi connectivity index (χ4v) is 4.55. The van der Waals surface area contributed by atoms with Crippen LogP contribution in [0.4, 0.5) is 10.5 Å². The van der Waals surface area contributed by atoms with Gasteiger partial charge in [0, 0.05) is 37.4 Å². The molecule has 3 rings (SSSR count). The molecule has 0 radical (unpaired) electrons. The molecule has 2 amide bonds. The Balaban J connectivity index is 2.14. The lowest BCUT2D eigenvalue weighted by molar-refractivity contribution is -0.123. The zero-order chi connectivity index (χ0) is 28.3. The second-order valence-corrected chi connectivity index (χ2v) is 11.7. The van der Waals surface area contributed by atoms with Gasteiger partial charge in [-0.3, -0.25) is 19.6 Å². The molecular formula is C30H39N5O3. The fraction of sp³-hybridized carbons (Fsp3) is 0.467. The zero-order valence-electron chi connectivity index (χ0n) is 23.5. The van der Waals surface area contributed by atoms with Crippen molar-refractivity contribution in [2.45, 2.75) is 71.1 Å². The average molecular weight is 518 g/mol. The molecule has 1 aliphatic rings. The van der Waals surface area contributed by atoms with Gasteiger partial charge in [-0.2, -0.15) is 5.26 Å². The quantitative estimate of drug-likeness (QED) is 0.556. The Morgan fingerprint density at radius 3 is 2.34 bits per heavy atom. The summed E-state index contributed by atoms with van der Waals surface area (Å²) >= 11 is 0. The maximum absolute atomic E-state index is 14.5. The third-order valence-electron chi connectivity index (χ3n) is 6.56. The Hall–Kier alpha value is -3.86. The first-order valence-electron chi connectivity index (χ1n) is 12.9. The van der Waals surface area contributed by atoms with Gasteiger partial charge in [-0.15, -0.1) is 0 Å². The monoisotopic (exact) mass is 517 g/mol. The van der Waals surface area contributed by atoms with Crippen LogP contribution < -0.4 is 10.2 Å². The van der Waals surface area contributed by atoms with Crippen LogP contribution in [0.3, 0.4) is 0 Å². The molecule has 1 aliphatic heterocycles. The summed E-state index contributed by atoms with van der Waals surface area (Å²) in [5, 5.41) is 12.8. The van der Waals surface area contributed by atoms with Gasteiger partial charge in [-0.25, -0.2) is 4.79 Å². The highest BCUT2D eigenvalue weighted by atomic mass is 16.6. The highest BCUT2D eigenvalue weighted by Gasteiger charge is 2.45. The number of anilines is 1. The van der Waals surface area contributed by atoms with Crippen molar-refractivity contribution in [3.63, 3.8) is 0 Å². The van der Waals surface area contributed by atoms with E-state index in [1.165, 1.54) is 4.90 Å². The molecule has 1 saturated heterocycles. The Kier molecular flexibility index (Phi) is 8.51. The molecule has 8 heteroatoms. The lowest BCUT2D eigenvalue weighted by atomic mass is 9.87. The van der Waals surface area contributed by atoms with E-state index in [0.29, 0.717) is 11.4 Å². The maximum Gasteiger partial charge on any atom is 0.411 e. The van der Waals surface area contributed by atoms with Crippen molar-refractivity contribution >= 4 is 17.7 Å². The molecular weight excluding hydrogens is 478 g/mol. The summed E-state index contributed by atoms with van der Waals surface area (Å²) in [6.07, 6.45) is 2.99. The van der Waals surface area contributed by atoms with Crippen LogP contribution in [-0.2, 0) is 14.9 Å². The molecule has 8 nitrogen and oxygen atoms in total. The van der Waals surface area contributed by atoms with E-state index >= 15 is 0 Å². The van der Waals surface area contributed by atoms with Crippen LogP contribution in [0.1, 0.15) is 65.1 Å². The number of hydrogen-bond acceptors (Lipinski definition) is 6. The van der Waals surface area contributed by atoms with Crippen molar-refractivity contribution in [1.82, 2.24) is 15.2 Å². The highest BCUT2D eigenvalue weighted by Crippen LogP contribution is 2.36. The molecule has 2 aromatic rings. The van der Waals surface area contributed by atoms with E-state index in [4.69, 9.17) is 4.74 Å². The normalized spacial score (nSPS) is 18.3. The van der Waals surface area contributed by atoms with Crippen molar-refractivity contribution < 1.29 is 14.3 Å². The van der Waals surface area contributed by atoms with Crippen LogP contribution in [0.15, 0.2) is 61.1 Å². The van der Waals surface area contributed by atoms with Crippen molar-refractivity contribution in [3.8, 4) is 6.07 Å². The molecule has 1 N–H and O–H groups in total. The number of nitriles is 1. The molecule has 38 heavy (non-hydrogen) atoms. The number of nitrogens with zero attached hydrogens (tertiary/aromatic N) is 4. The molecule has 1 aromatic heterocycles. The summed E-state index contributed by atoms with van der Waals surface area (Å²) in [5.41, 5.74) is 2.32. The number of aromatic nitrogens is 1. The van der Waals surface area contributed by atoms with Gasteiger partial charge < -0.3 is 10.1 Å². The number of nitrogens with one attached hydrogen (secondary N) is 1. The number of benzene rings is 1. The molecule has 3 atom stereocenters. The number of ether oxygens (including phenoxy) is 1. The van der Waals surface area contributed by atoms with E-state index in [9.17, 15) is 14.9 Å². The number of carbonyl (C=O) groups is 2. The molecule has 0 spiro atoms. The van der Waals surface area contributed by atoms with E-state index in [-0.39, 0.29) is 24.3 Å². The number of carbonyl (C=O) groups excluding carboxylic acids is 2. The predicted octanol–water partition coefficient (Wildman–Crippen LogP) is 5.34. The van der Waals surface area contributed by atoms with Crippen LogP contribution in [0.5, 0.6) is 0 Å². The Bertz CT molecular complexity index is 1190. The topological polar surface area (TPSA) is 98.6 Å². The lowest BCUT2D eigenvalue weighted by Crippen LogP contribution is -2.51. The van der Waals surface area contributed by atoms with Crippen LogP contribution >= 0.6 is 0 Å². The Morgan fingerprint density at radius 1 is 1.18 bits per heavy atom. The van der Waals surface area contributed by atoms with Gasteiger partial charge in [0.05, 0.1) is 12.0 Å². The number of rotatable bonds is 6. The summed E-state index contributed by atoms with van der Waals surface area (Å²) in [5.74, 6) is -0.798. The van der Waals surface area contributed by atoms with Crippen LogP contribution in [0.2, 0.25) is 0 Å². The predicted molar refractivity (Wildman–Crippen MR) is 148 cm³/mol. The third-order valence-corrected chi connectivity index (χ3v) is 6.56. The largest absolute Gasteiger partial charge is 0.444 e. The first-order chi connectivity index (χ1) is 17.8. The lowest BCUT2D eigenvalue weighted by Gasteiger charge is -2.37. The molecule has 1 fully saturated rings. The molecule has 3 unspecified atom stereocenters. The summed E-state index contributed by atoms with van der Waals surface area (Å²) < 4.78 is 5.61. The third kappa shape index (κ3) is 6.52. The summed E-state index contributed by atoms with van der Waals surface area (Å²) in [4.78, 5) is 35.0. The standard InChI is InChI=1S/C30H39N5O3/c1-20(32-8)26(22-10-9-15-33-18-22)35(24-13-11-23(12-14-24)29(2,3)4)27(36)25-16-21(17-31)19-34(25)28(37)38-30(5,6)7/h9-15,18,21,25-26,32H,1,16,19H2,2-8H3. The number of likely N-dealkylation sites (N-methyl/N-ethyl adjacent to an activating group) is 1. The molecule has 2 heterocycles. The average Bonchev–Trinajstić information content (AvgIpc) is 3.30. The first-order valence-corrected chi connectivity index (χ1v) is 12.9. The van der Waals surface area contributed by atoms with Crippen molar-refractivity contribution in [1.29, 1.82) is 5.26 Å². The maximum atomic E-state index is 14.5. The number of hydrogen-bond donors (Lipinski definition) is 1. The van der Waals surface area contributed by atoms with Crippen LogP contribution in [0, 0.1) is 17.2 Å². The van der Waals surface area contributed by atoms with E-state index in [0.717, 1.165) is 11.1 Å². The van der Waals surface area contributed by atoms with Gasteiger partial charge in [0.15, 0.2) is 0 Å². The minimum absolute atomic E-state index is 0.0658. The van der Waals surface area contributed by atoms with Crippen molar-refractivity contribution in [2.24, 2.45) is 5.92 Å². The zero-order valence-corrected chi connectivity index (χ0v) is 23.5. The van der Waals surface area contributed by atoms with Gasteiger partial charge in [0.2, 0.25) is 0 Å². The summed E-state index contributed by atoms with van der Waals surface area (Å²) in [6, 6.07) is 12.3. The highest BCUT2D eigenvalue weighted by molar-refractivity contribution is 6.00. The SMILES string of the molecule is C=C(NC)C(c1cccnc1)N(C(=O)C1CC(C#N)CN1C(=O)OC(C)(C)C)c1ccc(C(C)(C)C)cc1. The van der Waals surface area contributed by atoms with Gasteiger partial charge in [-0.1, -0.05) is 45.5 Å². The Labute approximate surface area is 226 Å². The van der Waals surface area contributed by atoms with Crippen molar-refractivity contribution in [3.05, 3.63) is 72.2 Å². The minimum Gasteiger partial charge on any atom is -0.444 e. The summed E-state index contributed by atoms with van der Waals surface area (Å²) in [6.45, 7) is 16.1. The Morgan fingerprint density at radius 2 is 1.84 bits per heavy atom. The van der Waals surface area contributed by atoms with Crippen LogP contribution in [-0.4, -0.2) is 47.1 Å². The van der Waals surface area contributed by atoms with Crippen LogP contribution in [0.25, 0.3) is 0 Å². The molecule has 0 saturated carbocycles. The number of pyridine rings is 1. The van der Waals surface area contributed by atoms with Gasteiger partial charge in [0.1, 0.15) is 17.7 Å². The van der Waals surface area contributed by atoms with E-state index in [1.807, 2.05) is 36.4 Å². The van der Waals surface area contributed by atoms with Gasteiger partial charge >= 0.3 is 6.09 Å². The molecule has 0 aliphatic carbocycles. The number of likely N-dealkylation sites (tertiary alicyclic amines) is 1. The molecule has 202 valence electrons. The van der Waals surface area contributed by atoms with E-state index < -0.39 is 29.7 Å². The minimum atomic E-state index is -0.874. The first kappa shape index (κ1) is 28.7. The van der Waals surface area contributed by atoms with Gasteiger partial charge in [0.25, 0.3) is 5.91 Å². The number of amides is 2. The van der Waals surface area contributed by atoms with E-state index in [2.05, 4.69) is 43.7 Å². The van der Waals surface area contributed by atoms with E-state index in [1.54, 1.807) is 45.1 Å². The molecule has 0 bridgehead atoms. The molecule has 1 aromatic carbocycles. The summed E-state index contributed by atoms with van der Waals surface area (Å²) in [7, 11) is 1.76. The second kappa shape index (κ2) is 11.3. The van der Waals surface area contributed by atoms with Crippen molar-refractivity contribution in [2.75, 3.05) is 18.5 Å². The fourth-order valence-electron chi connectivity index (χ4n) is 4.55. The second-order valence-electron chi connectivity index (χ2n) is 11.7. The van der Waals surface area contributed by atoms with Gasteiger partial charge in [-0.05, 0) is 61.9 Å².